The monoisotopic (exact) mass is 467 g/mol. The van der Waals surface area contributed by atoms with Crippen molar-refractivity contribution in [2.75, 3.05) is 10.6 Å². The second-order valence-corrected chi connectivity index (χ2v) is 9.39. The molecule has 31 heavy (non-hydrogen) atoms. The van der Waals surface area contributed by atoms with Gasteiger partial charge in [-0.05, 0) is 17.7 Å². The molecule has 0 aliphatic heterocycles. The van der Waals surface area contributed by atoms with E-state index < -0.39 is 0 Å². The van der Waals surface area contributed by atoms with Gasteiger partial charge in [0.25, 0.3) is 5.91 Å². The maximum atomic E-state index is 12.3. The van der Waals surface area contributed by atoms with Crippen LogP contribution in [0.15, 0.2) is 70.4 Å². The Labute approximate surface area is 191 Å². The van der Waals surface area contributed by atoms with E-state index >= 15 is 0 Å². The zero-order chi connectivity index (χ0) is 21.5. The van der Waals surface area contributed by atoms with Crippen LogP contribution in [-0.4, -0.2) is 27.0 Å². The highest BCUT2D eigenvalue weighted by Crippen LogP contribution is 2.28. The molecule has 10 heteroatoms. The molecule has 0 spiro atoms. The van der Waals surface area contributed by atoms with E-state index in [0.717, 1.165) is 10.1 Å². The number of thiazole rings is 1. The van der Waals surface area contributed by atoms with Crippen LogP contribution in [0.5, 0.6) is 0 Å². The lowest BCUT2D eigenvalue weighted by Gasteiger charge is -2.01. The van der Waals surface area contributed by atoms with Crippen molar-refractivity contribution in [3.8, 4) is 0 Å². The van der Waals surface area contributed by atoms with Gasteiger partial charge in [0.15, 0.2) is 9.47 Å². The molecule has 7 nitrogen and oxygen atoms in total. The van der Waals surface area contributed by atoms with Gasteiger partial charge in [0.1, 0.15) is 0 Å². The van der Waals surface area contributed by atoms with Crippen molar-refractivity contribution >= 4 is 56.5 Å². The lowest BCUT2D eigenvalue weighted by molar-refractivity contribution is -0.115. The SMILES string of the molecule is O=C(Cc1csc(NC(=O)c2ccccc2)n1)Nc1nnc(SCc2ccccc2)s1. The van der Waals surface area contributed by atoms with Crippen LogP contribution in [0.2, 0.25) is 0 Å². The van der Waals surface area contributed by atoms with Crippen LogP contribution in [0.25, 0.3) is 0 Å². The van der Waals surface area contributed by atoms with E-state index in [4.69, 9.17) is 0 Å². The Morgan fingerprint density at radius 3 is 2.42 bits per heavy atom. The number of rotatable bonds is 8. The second-order valence-electron chi connectivity index (χ2n) is 6.34. The molecule has 0 saturated carbocycles. The summed E-state index contributed by atoms with van der Waals surface area (Å²) in [5, 5.41) is 16.3. The summed E-state index contributed by atoms with van der Waals surface area (Å²) < 4.78 is 0.790. The average Bonchev–Trinajstić information content (AvgIpc) is 3.42. The number of carbonyl (C=O) groups excluding carboxylic acids is 2. The Morgan fingerprint density at radius 1 is 0.903 bits per heavy atom. The molecule has 2 aromatic carbocycles. The van der Waals surface area contributed by atoms with Crippen molar-refractivity contribution in [1.82, 2.24) is 15.2 Å². The van der Waals surface area contributed by atoms with Crippen molar-refractivity contribution in [1.29, 1.82) is 0 Å². The molecule has 0 fully saturated rings. The molecule has 4 aromatic rings. The number of anilines is 2. The smallest absolute Gasteiger partial charge is 0.257 e. The Kier molecular flexibility index (Phi) is 7.03. The number of aromatic nitrogens is 3. The molecule has 0 aliphatic carbocycles. The molecule has 2 N–H and O–H groups in total. The largest absolute Gasteiger partial charge is 0.300 e. The highest BCUT2D eigenvalue weighted by molar-refractivity contribution is 8.00. The van der Waals surface area contributed by atoms with Gasteiger partial charge in [-0.2, -0.15) is 0 Å². The van der Waals surface area contributed by atoms with Crippen molar-refractivity contribution in [3.05, 3.63) is 82.9 Å². The second kappa shape index (κ2) is 10.3. The summed E-state index contributed by atoms with van der Waals surface area (Å²) in [5.74, 6) is 0.321. The van der Waals surface area contributed by atoms with E-state index in [2.05, 4.69) is 37.9 Å². The number of benzene rings is 2. The van der Waals surface area contributed by atoms with Crippen molar-refractivity contribution in [2.45, 2.75) is 16.5 Å². The molecule has 2 heterocycles. The first-order valence-electron chi connectivity index (χ1n) is 9.26. The quantitative estimate of drug-likeness (QED) is 0.287. The fourth-order valence-electron chi connectivity index (χ4n) is 2.57. The molecule has 0 saturated heterocycles. The summed E-state index contributed by atoms with van der Waals surface area (Å²) in [7, 11) is 0. The number of amides is 2. The van der Waals surface area contributed by atoms with Crippen LogP contribution in [0, 0.1) is 0 Å². The molecule has 156 valence electrons. The first-order chi connectivity index (χ1) is 15.2. The van der Waals surface area contributed by atoms with Crippen molar-refractivity contribution in [3.63, 3.8) is 0 Å². The summed E-state index contributed by atoms with van der Waals surface area (Å²) in [6.07, 6.45) is 0.0871. The van der Waals surface area contributed by atoms with Gasteiger partial charge in [-0.3, -0.25) is 14.9 Å². The topological polar surface area (TPSA) is 96.9 Å². The minimum Gasteiger partial charge on any atom is -0.300 e. The van der Waals surface area contributed by atoms with Gasteiger partial charge in [0.05, 0.1) is 12.1 Å². The molecule has 2 aromatic heterocycles. The molecule has 0 atom stereocenters. The highest BCUT2D eigenvalue weighted by Gasteiger charge is 2.13. The summed E-state index contributed by atoms with van der Waals surface area (Å²) in [5.41, 5.74) is 2.33. The summed E-state index contributed by atoms with van der Waals surface area (Å²) in [4.78, 5) is 28.8. The maximum Gasteiger partial charge on any atom is 0.257 e. The number of carbonyl (C=O) groups is 2. The minimum atomic E-state index is -0.236. The Balaban J connectivity index is 1.26. The Bertz CT molecular complexity index is 1160. The van der Waals surface area contributed by atoms with E-state index in [9.17, 15) is 9.59 Å². The van der Waals surface area contributed by atoms with Crippen LogP contribution < -0.4 is 10.6 Å². The van der Waals surface area contributed by atoms with Gasteiger partial charge in [-0.15, -0.1) is 21.5 Å². The molecule has 0 unspecified atom stereocenters. The van der Waals surface area contributed by atoms with Crippen LogP contribution in [0.4, 0.5) is 10.3 Å². The van der Waals surface area contributed by atoms with Gasteiger partial charge >= 0.3 is 0 Å². The molecular weight excluding hydrogens is 450 g/mol. The van der Waals surface area contributed by atoms with Gasteiger partial charge in [-0.1, -0.05) is 71.6 Å². The third-order valence-corrected chi connectivity index (χ3v) is 6.86. The zero-order valence-electron chi connectivity index (χ0n) is 16.1. The number of thioether (sulfide) groups is 1. The predicted octanol–water partition coefficient (Wildman–Crippen LogP) is 4.72. The van der Waals surface area contributed by atoms with Crippen LogP contribution in [0.1, 0.15) is 21.6 Å². The van der Waals surface area contributed by atoms with Gasteiger partial charge < -0.3 is 5.32 Å². The number of hydrogen-bond acceptors (Lipinski definition) is 8. The number of nitrogens with one attached hydrogen (secondary N) is 2. The third kappa shape index (κ3) is 6.20. The normalized spacial score (nSPS) is 10.6. The van der Waals surface area contributed by atoms with Crippen molar-refractivity contribution in [2.24, 2.45) is 0 Å². The lowest BCUT2D eigenvalue weighted by atomic mass is 10.2. The average molecular weight is 468 g/mol. The van der Waals surface area contributed by atoms with Crippen LogP contribution in [-0.2, 0) is 17.0 Å². The maximum absolute atomic E-state index is 12.3. The standard InChI is InChI=1S/C21H17N5O2S3/c27-17(23-20-25-26-21(31-20)30-12-14-7-3-1-4-8-14)11-16-13-29-19(22-16)24-18(28)15-9-5-2-6-10-15/h1-10,13H,11-12H2,(H,22,24,28)(H,23,25,27). The predicted molar refractivity (Wildman–Crippen MR) is 125 cm³/mol. The zero-order valence-corrected chi connectivity index (χ0v) is 18.6. The Hall–Kier alpha value is -3.08. The first kappa shape index (κ1) is 21.2. The molecule has 0 bridgehead atoms. The third-order valence-electron chi connectivity index (χ3n) is 4.01. The van der Waals surface area contributed by atoms with E-state index in [1.165, 1.54) is 28.2 Å². The molecule has 0 radical (unpaired) electrons. The van der Waals surface area contributed by atoms with Crippen LogP contribution in [0.3, 0.4) is 0 Å². The van der Waals surface area contributed by atoms with Crippen LogP contribution >= 0.6 is 34.4 Å². The molecule has 2 amide bonds. The fraction of sp³-hybridized carbons (Fsp3) is 0.0952. The summed E-state index contributed by atoms with van der Waals surface area (Å²) >= 11 is 4.19. The first-order valence-corrected chi connectivity index (χ1v) is 11.9. The summed E-state index contributed by atoms with van der Waals surface area (Å²) in [6, 6.07) is 19.0. The minimum absolute atomic E-state index is 0.0871. The van der Waals surface area contributed by atoms with E-state index in [1.807, 2.05) is 24.3 Å². The van der Waals surface area contributed by atoms with E-state index in [-0.39, 0.29) is 18.2 Å². The lowest BCUT2D eigenvalue weighted by Crippen LogP contribution is -2.15. The van der Waals surface area contributed by atoms with Crippen molar-refractivity contribution < 1.29 is 9.59 Å². The van der Waals surface area contributed by atoms with Gasteiger partial charge in [0.2, 0.25) is 11.0 Å². The van der Waals surface area contributed by atoms with E-state index in [0.29, 0.717) is 21.5 Å². The highest BCUT2D eigenvalue weighted by atomic mass is 32.2. The molecular formula is C21H17N5O2S3. The fourth-order valence-corrected chi connectivity index (χ4v) is 5.00. The van der Waals surface area contributed by atoms with Gasteiger partial charge in [0, 0.05) is 16.7 Å². The molecule has 4 rings (SSSR count). The Morgan fingerprint density at radius 2 is 1.65 bits per heavy atom. The molecule has 0 aliphatic rings. The number of hydrogen-bond donors (Lipinski definition) is 2. The van der Waals surface area contributed by atoms with Gasteiger partial charge in [-0.25, -0.2) is 4.98 Å². The summed E-state index contributed by atoms with van der Waals surface area (Å²) in [6.45, 7) is 0. The number of nitrogens with zero attached hydrogens (tertiary/aromatic N) is 3. The van der Waals surface area contributed by atoms with E-state index in [1.54, 1.807) is 41.4 Å².